The predicted molar refractivity (Wildman–Crippen MR) is 89.6 cm³/mol. The van der Waals surface area contributed by atoms with Crippen molar-refractivity contribution in [2.75, 3.05) is 18.5 Å². The molecule has 0 N–H and O–H groups in total. The zero-order valence-corrected chi connectivity index (χ0v) is 14.2. The van der Waals surface area contributed by atoms with Gasteiger partial charge in [-0.15, -0.1) is 0 Å². The van der Waals surface area contributed by atoms with Gasteiger partial charge in [0.05, 0.1) is 0 Å². The van der Waals surface area contributed by atoms with Crippen molar-refractivity contribution < 1.29 is 0 Å². The van der Waals surface area contributed by atoms with Crippen LogP contribution in [0.3, 0.4) is 0 Å². The lowest BCUT2D eigenvalue weighted by atomic mass is 9.97. The molecule has 0 bridgehead atoms. The number of anilines is 1. The Morgan fingerprint density at radius 3 is 2.45 bits per heavy atom. The van der Waals surface area contributed by atoms with Gasteiger partial charge in [0.2, 0.25) is 0 Å². The summed E-state index contributed by atoms with van der Waals surface area (Å²) in [4.78, 5) is 6.62. The van der Waals surface area contributed by atoms with Gasteiger partial charge in [-0.25, -0.2) is 4.98 Å². The van der Waals surface area contributed by atoms with Crippen molar-refractivity contribution >= 4 is 21.7 Å². The molecule has 1 aromatic heterocycles. The van der Waals surface area contributed by atoms with Gasteiger partial charge in [0.1, 0.15) is 5.82 Å². The van der Waals surface area contributed by atoms with Crippen molar-refractivity contribution in [3.63, 3.8) is 0 Å². The Morgan fingerprint density at radius 2 is 1.80 bits per heavy atom. The van der Waals surface area contributed by atoms with Crippen LogP contribution in [0.15, 0.2) is 34.9 Å². The molecule has 106 valence electrons. The lowest BCUT2D eigenvalue weighted by Crippen LogP contribution is -2.21. The summed E-state index contributed by atoms with van der Waals surface area (Å²) in [5.74, 6) is 1.01. The van der Waals surface area contributed by atoms with Gasteiger partial charge in [-0.2, -0.15) is 0 Å². The Morgan fingerprint density at radius 1 is 1.05 bits per heavy atom. The van der Waals surface area contributed by atoms with E-state index in [4.69, 9.17) is 0 Å². The molecule has 20 heavy (non-hydrogen) atoms. The number of nitrogens with zero attached hydrogens (tertiary/aromatic N) is 2. The van der Waals surface area contributed by atoms with Crippen LogP contribution in [0, 0.1) is 20.8 Å². The summed E-state index contributed by atoms with van der Waals surface area (Å²) in [6, 6.07) is 8.54. The molecule has 0 radical (unpaired) electrons. The fourth-order valence-electron chi connectivity index (χ4n) is 2.28. The smallest absolute Gasteiger partial charge is 0.128 e. The molecule has 1 aromatic carbocycles. The van der Waals surface area contributed by atoms with Gasteiger partial charge in [0, 0.05) is 24.3 Å². The first-order valence-corrected chi connectivity index (χ1v) is 7.66. The van der Waals surface area contributed by atoms with Crippen molar-refractivity contribution in [2.24, 2.45) is 0 Å². The number of hydrogen-bond acceptors (Lipinski definition) is 2. The van der Waals surface area contributed by atoms with Crippen LogP contribution in [0.4, 0.5) is 5.82 Å². The Labute approximate surface area is 130 Å². The fourth-order valence-corrected chi connectivity index (χ4v) is 2.51. The zero-order valence-electron chi connectivity index (χ0n) is 12.6. The van der Waals surface area contributed by atoms with Crippen LogP contribution < -0.4 is 4.90 Å². The van der Waals surface area contributed by atoms with E-state index in [1.54, 1.807) is 0 Å². The number of pyridine rings is 1. The number of halogens is 1. The third-order valence-electron chi connectivity index (χ3n) is 3.99. The zero-order chi connectivity index (χ0) is 14.7. The SMILES string of the molecule is Cc1ccc(CCN(C)c2ccc(Br)cn2)c(C)c1C. The van der Waals surface area contributed by atoms with E-state index in [9.17, 15) is 0 Å². The summed E-state index contributed by atoms with van der Waals surface area (Å²) in [7, 11) is 2.09. The number of aryl methyl sites for hydroxylation is 1. The second kappa shape index (κ2) is 6.40. The fraction of sp³-hybridized carbons (Fsp3) is 0.353. The van der Waals surface area contributed by atoms with E-state index in [1.807, 2.05) is 18.3 Å². The Kier molecular flexibility index (Phi) is 4.81. The van der Waals surface area contributed by atoms with Crippen LogP contribution in [0.25, 0.3) is 0 Å². The maximum absolute atomic E-state index is 4.42. The van der Waals surface area contributed by atoms with E-state index >= 15 is 0 Å². The lowest BCUT2D eigenvalue weighted by molar-refractivity contribution is 0.853. The van der Waals surface area contributed by atoms with Gasteiger partial charge in [-0.05, 0) is 77.5 Å². The molecule has 2 aromatic rings. The highest BCUT2D eigenvalue weighted by Crippen LogP contribution is 2.19. The highest BCUT2D eigenvalue weighted by atomic mass is 79.9. The molecule has 2 rings (SSSR count). The highest BCUT2D eigenvalue weighted by molar-refractivity contribution is 9.10. The molecule has 0 fully saturated rings. The van der Waals surface area contributed by atoms with E-state index in [0.29, 0.717) is 0 Å². The second-order valence-corrected chi connectivity index (χ2v) is 6.21. The molecular weight excluding hydrogens is 312 g/mol. The molecule has 0 amide bonds. The summed E-state index contributed by atoms with van der Waals surface area (Å²) in [5.41, 5.74) is 5.63. The molecule has 0 unspecified atom stereocenters. The summed E-state index contributed by atoms with van der Waals surface area (Å²) in [6.45, 7) is 7.56. The third kappa shape index (κ3) is 3.40. The molecule has 0 aliphatic heterocycles. The maximum atomic E-state index is 4.42. The Balaban J connectivity index is 2.05. The highest BCUT2D eigenvalue weighted by Gasteiger charge is 2.06. The molecule has 2 nitrogen and oxygen atoms in total. The molecule has 1 heterocycles. The van der Waals surface area contributed by atoms with E-state index in [0.717, 1.165) is 23.3 Å². The normalized spacial score (nSPS) is 10.7. The first-order valence-electron chi connectivity index (χ1n) is 6.87. The number of rotatable bonds is 4. The van der Waals surface area contributed by atoms with Crippen molar-refractivity contribution in [2.45, 2.75) is 27.2 Å². The molecule has 0 spiro atoms. The van der Waals surface area contributed by atoms with Gasteiger partial charge < -0.3 is 4.90 Å². The Bertz CT molecular complexity index is 591. The third-order valence-corrected chi connectivity index (χ3v) is 4.46. The molecule has 0 saturated heterocycles. The first-order chi connectivity index (χ1) is 9.49. The van der Waals surface area contributed by atoms with E-state index in [-0.39, 0.29) is 0 Å². The second-order valence-electron chi connectivity index (χ2n) is 5.30. The van der Waals surface area contributed by atoms with E-state index in [2.05, 4.69) is 65.8 Å². The van der Waals surface area contributed by atoms with Gasteiger partial charge in [-0.1, -0.05) is 12.1 Å². The van der Waals surface area contributed by atoms with Gasteiger partial charge >= 0.3 is 0 Å². The predicted octanol–water partition coefficient (Wildman–Crippen LogP) is 4.45. The topological polar surface area (TPSA) is 16.1 Å². The maximum Gasteiger partial charge on any atom is 0.128 e. The molecule has 0 saturated carbocycles. The van der Waals surface area contributed by atoms with Crippen molar-refractivity contribution in [1.82, 2.24) is 4.98 Å². The standard InChI is InChI=1S/C17H21BrN2/c1-12-5-6-15(14(3)13(12)2)9-10-20(4)17-8-7-16(18)11-19-17/h5-8,11H,9-10H2,1-4H3. The van der Waals surface area contributed by atoms with E-state index in [1.165, 1.54) is 22.3 Å². The lowest BCUT2D eigenvalue weighted by Gasteiger charge is -2.19. The van der Waals surface area contributed by atoms with Crippen LogP contribution in [-0.2, 0) is 6.42 Å². The number of likely N-dealkylation sites (N-methyl/N-ethyl adjacent to an activating group) is 1. The Hall–Kier alpha value is -1.35. The van der Waals surface area contributed by atoms with Crippen LogP contribution in [0.2, 0.25) is 0 Å². The average molecular weight is 333 g/mol. The summed E-state index contributed by atoms with van der Waals surface area (Å²) < 4.78 is 1.01. The molecule has 3 heteroatoms. The van der Waals surface area contributed by atoms with Crippen LogP contribution in [0.1, 0.15) is 22.3 Å². The van der Waals surface area contributed by atoms with Crippen LogP contribution in [-0.4, -0.2) is 18.6 Å². The summed E-state index contributed by atoms with van der Waals surface area (Å²) in [6.07, 6.45) is 2.88. The quantitative estimate of drug-likeness (QED) is 0.822. The monoisotopic (exact) mass is 332 g/mol. The van der Waals surface area contributed by atoms with Crippen molar-refractivity contribution in [1.29, 1.82) is 0 Å². The largest absolute Gasteiger partial charge is 0.359 e. The molecule has 0 atom stereocenters. The van der Waals surface area contributed by atoms with Crippen molar-refractivity contribution in [3.8, 4) is 0 Å². The average Bonchev–Trinajstić information content (AvgIpc) is 2.44. The number of hydrogen-bond donors (Lipinski definition) is 0. The van der Waals surface area contributed by atoms with Gasteiger partial charge in [0.25, 0.3) is 0 Å². The van der Waals surface area contributed by atoms with Crippen molar-refractivity contribution in [3.05, 3.63) is 57.2 Å². The minimum absolute atomic E-state index is 0.970. The minimum Gasteiger partial charge on any atom is -0.359 e. The van der Waals surface area contributed by atoms with E-state index < -0.39 is 0 Å². The van der Waals surface area contributed by atoms with Gasteiger partial charge in [0.15, 0.2) is 0 Å². The molecule has 0 aliphatic rings. The summed E-state index contributed by atoms with van der Waals surface area (Å²) in [5, 5.41) is 0. The molecular formula is C17H21BrN2. The summed E-state index contributed by atoms with van der Waals surface area (Å²) >= 11 is 3.41. The number of aromatic nitrogens is 1. The first kappa shape index (κ1) is 15.0. The molecule has 0 aliphatic carbocycles. The number of benzene rings is 1. The minimum atomic E-state index is 0.970. The van der Waals surface area contributed by atoms with Crippen LogP contribution >= 0.6 is 15.9 Å². The van der Waals surface area contributed by atoms with Crippen LogP contribution in [0.5, 0.6) is 0 Å². The van der Waals surface area contributed by atoms with Gasteiger partial charge in [-0.3, -0.25) is 0 Å².